The molecule has 3 aromatic rings. The number of amides is 2. The zero-order valence-corrected chi connectivity index (χ0v) is 19.0. The monoisotopic (exact) mass is 458 g/mol. The zero-order valence-electron chi connectivity index (χ0n) is 19.0. The lowest BCUT2D eigenvalue weighted by Crippen LogP contribution is -2.51. The van der Waals surface area contributed by atoms with E-state index in [1.165, 1.54) is 19.1 Å². The predicted octanol–water partition coefficient (Wildman–Crippen LogP) is 5.03. The normalized spacial score (nSPS) is 13.8. The molecule has 7 heteroatoms. The van der Waals surface area contributed by atoms with Gasteiger partial charge in [-0.2, -0.15) is 0 Å². The van der Waals surface area contributed by atoms with Crippen molar-refractivity contribution < 1.29 is 24.2 Å². The molecule has 7 nitrogen and oxygen atoms in total. The van der Waals surface area contributed by atoms with E-state index in [0.29, 0.717) is 11.3 Å². The molecule has 1 aliphatic rings. The number of carbonyl (C=O) groups is 3. The minimum atomic E-state index is -1.35. The number of hydrogen-bond donors (Lipinski definition) is 3. The van der Waals surface area contributed by atoms with Crippen LogP contribution < -0.4 is 10.6 Å². The summed E-state index contributed by atoms with van der Waals surface area (Å²) in [5.41, 5.74) is 3.98. The summed E-state index contributed by atoms with van der Waals surface area (Å²) in [6, 6.07) is 22.4. The SMILES string of the molecule is CCC(C)(NC(=O)c1ccc(NC(=O)OCC2c3ccccc3-c3ccccc32)cc1)C(=O)O. The van der Waals surface area contributed by atoms with Gasteiger partial charge in [-0.25, -0.2) is 9.59 Å². The van der Waals surface area contributed by atoms with Crippen molar-refractivity contribution >= 4 is 23.7 Å². The standard InChI is InChI=1S/C27H26N2O5/c1-3-27(2,25(31)32)29-24(30)17-12-14-18(15-13-17)28-26(33)34-16-23-21-10-6-4-8-19(21)20-9-5-7-11-22(20)23/h4-15,23H,3,16H2,1-2H3,(H,28,33)(H,29,30)(H,31,32). The summed E-state index contributed by atoms with van der Waals surface area (Å²) in [6.45, 7) is 3.35. The number of carboxylic acids is 1. The molecule has 0 saturated heterocycles. The average molecular weight is 459 g/mol. The topological polar surface area (TPSA) is 105 Å². The van der Waals surface area contributed by atoms with Crippen LogP contribution in [0.5, 0.6) is 0 Å². The summed E-state index contributed by atoms with van der Waals surface area (Å²) < 4.78 is 5.53. The van der Waals surface area contributed by atoms with Crippen LogP contribution in [-0.2, 0) is 9.53 Å². The quantitative estimate of drug-likeness (QED) is 0.461. The summed E-state index contributed by atoms with van der Waals surface area (Å²) in [6.07, 6.45) is -0.348. The minimum absolute atomic E-state index is 0.0358. The van der Waals surface area contributed by atoms with Crippen molar-refractivity contribution in [3.8, 4) is 11.1 Å². The molecule has 0 bridgehead atoms. The van der Waals surface area contributed by atoms with E-state index < -0.39 is 23.5 Å². The molecule has 3 N–H and O–H groups in total. The highest BCUT2D eigenvalue weighted by Gasteiger charge is 2.33. The molecule has 0 aromatic heterocycles. The lowest BCUT2D eigenvalue weighted by atomic mass is 9.98. The summed E-state index contributed by atoms with van der Waals surface area (Å²) in [7, 11) is 0. The first-order chi connectivity index (χ1) is 16.3. The Hall–Kier alpha value is -4.13. The van der Waals surface area contributed by atoms with E-state index in [0.717, 1.165) is 22.3 Å². The summed E-state index contributed by atoms with van der Waals surface area (Å²) in [5, 5.41) is 14.5. The van der Waals surface area contributed by atoms with Crippen molar-refractivity contribution in [2.24, 2.45) is 0 Å². The molecule has 1 aliphatic carbocycles. The van der Waals surface area contributed by atoms with Crippen molar-refractivity contribution in [3.63, 3.8) is 0 Å². The Morgan fingerprint density at radius 2 is 1.47 bits per heavy atom. The Balaban J connectivity index is 1.37. The maximum atomic E-state index is 12.4. The van der Waals surface area contributed by atoms with Gasteiger partial charge in [-0.15, -0.1) is 0 Å². The highest BCUT2D eigenvalue weighted by molar-refractivity contribution is 5.98. The van der Waals surface area contributed by atoms with Gasteiger partial charge in [-0.1, -0.05) is 55.5 Å². The van der Waals surface area contributed by atoms with Gasteiger partial charge in [0.1, 0.15) is 12.1 Å². The number of ether oxygens (including phenoxy) is 1. The first-order valence-corrected chi connectivity index (χ1v) is 11.1. The molecule has 4 rings (SSSR count). The molecule has 34 heavy (non-hydrogen) atoms. The number of benzene rings is 3. The van der Waals surface area contributed by atoms with Crippen LogP contribution in [0.4, 0.5) is 10.5 Å². The number of anilines is 1. The molecule has 0 fully saturated rings. The Kier molecular flexibility index (Phi) is 6.36. The van der Waals surface area contributed by atoms with Gasteiger partial charge in [0.05, 0.1) is 0 Å². The van der Waals surface area contributed by atoms with Crippen LogP contribution in [0.1, 0.15) is 47.7 Å². The van der Waals surface area contributed by atoms with Gasteiger partial charge >= 0.3 is 12.1 Å². The van der Waals surface area contributed by atoms with E-state index in [1.54, 1.807) is 19.1 Å². The highest BCUT2D eigenvalue weighted by atomic mass is 16.5. The largest absolute Gasteiger partial charge is 0.480 e. The molecule has 174 valence electrons. The predicted molar refractivity (Wildman–Crippen MR) is 129 cm³/mol. The van der Waals surface area contributed by atoms with Gasteiger partial charge in [0, 0.05) is 17.2 Å². The van der Waals surface area contributed by atoms with Gasteiger partial charge in [0.15, 0.2) is 0 Å². The molecule has 0 saturated carbocycles. The van der Waals surface area contributed by atoms with Crippen molar-refractivity contribution in [1.29, 1.82) is 0 Å². The number of aliphatic carboxylic acids is 1. The van der Waals surface area contributed by atoms with E-state index in [1.807, 2.05) is 24.3 Å². The van der Waals surface area contributed by atoms with Crippen LogP contribution in [0.3, 0.4) is 0 Å². The zero-order chi connectivity index (χ0) is 24.3. The molecule has 3 aromatic carbocycles. The maximum absolute atomic E-state index is 12.4. The third-order valence-electron chi connectivity index (χ3n) is 6.31. The highest BCUT2D eigenvalue weighted by Crippen LogP contribution is 2.44. The number of carboxylic acid groups (broad SMARTS) is 1. The second-order valence-electron chi connectivity index (χ2n) is 8.47. The van der Waals surface area contributed by atoms with Crippen LogP contribution in [0, 0.1) is 0 Å². The van der Waals surface area contributed by atoms with Gasteiger partial charge in [-0.3, -0.25) is 10.1 Å². The first-order valence-electron chi connectivity index (χ1n) is 11.1. The third kappa shape index (κ3) is 4.50. The molecule has 2 amide bonds. The molecular weight excluding hydrogens is 432 g/mol. The fourth-order valence-corrected chi connectivity index (χ4v) is 4.07. The molecule has 0 radical (unpaired) electrons. The number of hydrogen-bond acceptors (Lipinski definition) is 4. The Bertz CT molecular complexity index is 1190. The fourth-order valence-electron chi connectivity index (χ4n) is 4.07. The van der Waals surface area contributed by atoms with E-state index in [9.17, 15) is 19.5 Å². The van der Waals surface area contributed by atoms with Crippen LogP contribution in [0.15, 0.2) is 72.8 Å². The summed E-state index contributed by atoms with van der Waals surface area (Å²) >= 11 is 0. The second kappa shape index (κ2) is 9.39. The van der Waals surface area contributed by atoms with E-state index >= 15 is 0 Å². The molecule has 1 unspecified atom stereocenters. The molecule has 1 atom stereocenters. The molecule has 0 aliphatic heterocycles. The van der Waals surface area contributed by atoms with Gasteiger partial charge in [-0.05, 0) is 59.9 Å². The second-order valence-corrected chi connectivity index (χ2v) is 8.47. The Morgan fingerprint density at radius 1 is 0.912 bits per heavy atom. The lowest BCUT2D eigenvalue weighted by molar-refractivity contribution is -0.143. The summed E-state index contributed by atoms with van der Waals surface area (Å²) in [4.78, 5) is 36.3. The average Bonchev–Trinajstić information content (AvgIpc) is 3.16. The Morgan fingerprint density at radius 3 is 2.00 bits per heavy atom. The molecule has 0 spiro atoms. The van der Waals surface area contributed by atoms with Crippen LogP contribution in [0.2, 0.25) is 0 Å². The van der Waals surface area contributed by atoms with Gasteiger partial charge in [0.25, 0.3) is 5.91 Å². The van der Waals surface area contributed by atoms with E-state index in [-0.39, 0.29) is 18.9 Å². The lowest BCUT2D eigenvalue weighted by Gasteiger charge is -2.24. The number of carbonyl (C=O) groups excluding carboxylic acids is 2. The number of nitrogens with one attached hydrogen (secondary N) is 2. The fraction of sp³-hybridized carbons (Fsp3) is 0.222. The minimum Gasteiger partial charge on any atom is -0.480 e. The number of rotatable bonds is 7. The van der Waals surface area contributed by atoms with Crippen LogP contribution >= 0.6 is 0 Å². The third-order valence-corrected chi connectivity index (χ3v) is 6.31. The Labute approximate surface area is 197 Å². The van der Waals surface area contributed by atoms with Crippen molar-refractivity contribution in [1.82, 2.24) is 5.32 Å². The van der Waals surface area contributed by atoms with Crippen LogP contribution in [0.25, 0.3) is 11.1 Å². The van der Waals surface area contributed by atoms with Crippen molar-refractivity contribution in [3.05, 3.63) is 89.5 Å². The number of fused-ring (bicyclic) bond motifs is 3. The van der Waals surface area contributed by atoms with E-state index in [2.05, 4.69) is 34.9 Å². The van der Waals surface area contributed by atoms with E-state index in [4.69, 9.17) is 4.74 Å². The van der Waals surface area contributed by atoms with Crippen LogP contribution in [-0.4, -0.2) is 35.2 Å². The van der Waals surface area contributed by atoms with Gasteiger partial charge in [0.2, 0.25) is 0 Å². The maximum Gasteiger partial charge on any atom is 0.411 e. The van der Waals surface area contributed by atoms with Crippen molar-refractivity contribution in [2.45, 2.75) is 31.7 Å². The first kappa shape index (κ1) is 23.0. The summed E-state index contributed by atoms with van der Waals surface area (Å²) in [5.74, 6) is -1.64. The van der Waals surface area contributed by atoms with Crippen molar-refractivity contribution in [2.75, 3.05) is 11.9 Å². The smallest absolute Gasteiger partial charge is 0.411 e. The van der Waals surface area contributed by atoms with Gasteiger partial charge < -0.3 is 15.2 Å². The molecule has 0 heterocycles. The molecular formula is C27H26N2O5.